The van der Waals surface area contributed by atoms with E-state index in [1.54, 1.807) is 35.8 Å². The summed E-state index contributed by atoms with van der Waals surface area (Å²) in [5.41, 5.74) is 2.58. The first-order chi connectivity index (χ1) is 13.7. The van der Waals surface area contributed by atoms with Crippen LogP contribution in [0.2, 0.25) is 0 Å². The van der Waals surface area contributed by atoms with Crippen molar-refractivity contribution in [1.29, 1.82) is 0 Å². The summed E-state index contributed by atoms with van der Waals surface area (Å²) >= 11 is 1.60. The van der Waals surface area contributed by atoms with E-state index in [2.05, 4.69) is 22.3 Å². The number of benzene rings is 3. The Morgan fingerprint density at radius 1 is 1.00 bits per heavy atom. The number of halogens is 1. The lowest BCUT2D eigenvalue weighted by Gasteiger charge is -2.07. The van der Waals surface area contributed by atoms with Crippen molar-refractivity contribution in [2.45, 2.75) is 6.61 Å². The van der Waals surface area contributed by atoms with Gasteiger partial charge in [-0.2, -0.15) is 5.10 Å². The number of aryl methyl sites for hydroxylation is 1. The number of rotatable bonds is 5. The van der Waals surface area contributed by atoms with Crippen LogP contribution in [0.4, 0.5) is 4.39 Å². The molecule has 0 amide bonds. The number of aromatic nitrogens is 1. The third-order valence-corrected chi connectivity index (χ3v) is 5.40. The molecule has 0 spiro atoms. The van der Waals surface area contributed by atoms with E-state index < -0.39 is 0 Å². The average molecular weight is 391 g/mol. The molecule has 0 N–H and O–H groups in total. The highest BCUT2D eigenvalue weighted by molar-refractivity contribution is 7.16. The monoisotopic (exact) mass is 391 g/mol. The topological polar surface area (TPSA) is 38.9 Å². The minimum Gasteiger partial charge on any atom is -0.489 e. The van der Waals surface area contributed by atoms with Gasteiger partial charge in [-0.3, -0.25) is 0 Å². The number of para-hydroxylation sites is 1. The van der Waals surface area contributed by atoms with Crippen LogP contribution in [0.25, 0.3) is 10.2 Å². The van der Waals surface area contributed by atoms with Gasteiger partial charge in [0.25, 0.3) is 0 Å². The van der Waals surface area contributed by atoms with Gasteiger partial charge < -0.3 is 9.30 Å². The third-order valence-electron chi connectivity index (χ3n) is 4.30. The van der Waals surface area contributed by atoms with Crippen LogP contribution in [-0.2, 0) is 13.7 Å². The van der Waals surface area contributed by atoms with Crippen molar-refractivity contribution in [1.82, 2.24) is 4.57 Å². The molecule has 0 saturated heterocycles. The number of fused-ring (bicyclic) bond motifs is 1. The highest BCUT2D eigenvalue weighted by atomic mass is 32.1. The fraction of sp³-hybridized carbons (Fsp3) is 0.0909. The summed E-state index contributed by atoms with van der Waals surface area (Å²) in [5, 5.41) is 8.53. The van der Waals surface area contributed by atoms with Gasteiger partial charge in [-0.25, -0.2) is 4.39 Å². The third kappa shape index (κ3) is 4.02. The van der Waals surface area contributed by atoms with Gasteiger partial charge in [0.2, 0.25) is 4.80 Å². The molecule has 0 aliphatic carbocycles. The fourth-order valence-corrected chi connectivity index (χ4v) is 3.73. The van der Waals surface area contributed by atoms with E-state index in [-0.39, 0.29) is 12.4 Å². The van der Waals surface area contributed by atoms with Crippen molar-refractivity contribution in [2.75, 3.05) is 0 Å². The Kier molecular flexibility index (Phi) is 5.30. The molecule has 28 heavy (non-hydrogen) atoms. The second-order valence-electron chi connectivity index (χ2n) is 6.21. The predicted octanol–water partition coefficient (Wildman–Crippen LogP) is 4.89. The zero-order valence-corrected chi connectivity index (χ0v) is 16.1. The molecule has 0 aliphatic rings. The van der Waals surface area contributed by atoms with Crippen LogP contribution in [0.3, 0.4) is 0 Å². The lowest BCUT2D eigenvalue weighted by Crippen LogP contribution is -2.08. The number of nitrogens with zero attached hydrogens (tertiary/aromatic N) is 3. The molecule has 0 bridgehead atoms. The van der Waals surface area contributed by atoms with Gasteiger partial charge in [0.1, 0.15) is 18.2 Å². The lowest BCUT2D eigenvalue weighted by molar-refractivity contribution is 0.300. The predicted molar refractivity (Wildman–Crippen MR) is 111 cm³/mol. The summed E-state index contributed by atoms with van der Waals surface area (Å²) in [7, 11) is 1.98. The van der Waals surface area contributed by atoms with Gasteiger partial charge in [0, 0.05) is 12.6 Å². The van der Waals surface area contributed by atoms with Crippen molar-refractivity contribution in [3.63, 3.8) is 0 Å². The van der Waals surface area contributed by atoms with Gasteiger partial charge in [-0.1, -0.05) is 41.7 Å². The van der Waals surface area contributed by atoms with Crippen molar-refractivity contribution in [3.05, 3.63) is 94.5 Å². The van der Waals surface area contributed by atoms with Gasteiger partial charge in [0.15, 0.2) is 0 Å². The zero-order valence-electron chi connectivity index (χ0n) is 15.2. The van der Waals surface area contributed by atoms with E-state index in [0.717, 1.165) is 15.9 Å². The maximum Gasteiger partial charge on any atom is 0.211 e. The first kappa shape index (κ1) is 18.1. The van der Waals surface area contributed by atoms with E-state index in [1.807, 2.05) is 48.0 Å². The van der Waals surface area contributed by atoms with Crippen LogP contribution >= 0.6 is 11.3 Å². The lowest BCUT2D eigenvalue weighted by atomic mass is 10.2. The normalized spacial score (nSPS) is 12.1. The van der Waals surface area contributed by atoms with E-state index in [0.29, 0.717) is 11.3 Å². The fourth-order valence-electron chi connectivity index (χ4n) is 2.75. The second kappa shape index (κ2) is 8.19. The summed E-state index contributed by atoms with van der Waals surface area (Å²) in [6.07, 6.45) is 1.70. The average Bonchev–Trinajstić information content (AvgIpc) is 3.04. The van der Waals surface area contributed by atoms with Gasteiger partial charge in [-0.15, -0.1) is 5.10 Å². The van der Waals surface area contributed by atoms with Crippen LogP contribution < -0.4 is 9.54 Å². The van der Waals surface area contributed by atoms with Crippen LogP contribution in [0.5, 0.6) is 5.75 Å². The Hall–Kier alpha value is -3.25. The Morgan fingerprint density at radius 2 is 1.75 bits per heavy atom. The first-order valence-corrected chi connectivity index (χ1v) is 9.60. The number of thiazole rings is 1. The maximum atomic E-state index is 13.6. The van der Waals surface area contributed by atoms with Crippen molar-refractivity contribution in [3.8, 4) is 5.75 Å². The van der Waals surface area contributed by atoms with Crippen molar-refractivity contribution < 1.29 is 9.13 Å². The molecule has 4 aromatic rings. The molecule has 0 unspecified atom stereocenters. The van der Waals surface area contributed by atoms with Crippen LogP contribution in [0, 0.1) is 5.82 Å². The summed E-state index contributed by atoms with van der Waals surface area (Å²) in [6.45, 7) is 0.192. The van der Waals surface area contributed by atoms with E-state index in [1.165, 1.54) is 10.8 Å². The van der Waals surface area contributed by atoms with Crippen LogP contribution in [0.1, 0.15) is 11.1 Å². The summed E-state index contributed by atoms with van der Waals surface area (Å²) in [4.78, 5) is 0.835. The molecule has 3 aromatic carbocycles. The van der Waals surface area contributed by atoms with Crippen LogP contribution in [0.15, 0.2) is 83.0 Å². The molecule has 6 heteroatoms. The van der Waals surface area contributed by atoms with Crippen molar-refractivity contribution >= 4 is 27.8 Å². The standard InChI is InChI=1S/C22H18FN3OS/c1-26-20-8-4-5-9-21(20)28-22(26)25-24-14-16-10-12-18(13-11-16)27-15-17-6-2-3-7-19(17)23/h2-14H,15H2,1H3. The highest BCUT2D eigenvalue weighted by Gasteiger charge is 2.02. The maximum absolute atomic E-state index is 13.6. The molecule has 1 heterocycles. The molecular formula is C22H18FN3OS. The number of hydrogen-bond acceptors (Lipinski definition) is 4. The molecule has 0 atom stereocenters. The zero-order chi connectivity index (χ0) is 19.3. The summed E-state index contributed by atoms with van der Waals surface area (Å²) < 4.78 is 22.5. The molecular weight excluding hydrogens is 373 g/mol. The van der Waals surface area contributed by atoms with E-state index in [4.69, 9.17) is 4.74 Å². The number of hydrogen-bond donors (Lipinski definition) is 0. The minimum absolute atomic E-state index is 0.192. The van der Waals surface area contributed by atoms with Gasteiger partial charge in [0.05, 0.1) is 16.4 Å². The molecule has 0 fully saturated rings. The quantitative estimate of drug-likeness (QED) is 0.353. The SMILES string of the molecule is Cn1c(=NN=Cc2ccc(OCc3ccccc3F)cc2)sc2ccccc21. The summed E-state index contributed by atoms with van der Waals surface area (Å²) in [6, 6.07) is 22.2. The molecule has 4 nitrogen and oxygen atoms in total. The molecule has 0 saturated carbocycles. The van der Waals surface area contributed by atoms with E-state index in [9.17, 15) is 4.39 Å². The van der Waals surface area contributed by atoms with Crippen LogP contribution in [-0.4, -0.2) is 10.8 Å². The first-order valence-electron chi connectivity index (χ1n) is 8.78. The van der Waals surface area contributed by atoms with Gasteiger partial charge in [-0.05, 0) is 48.0 Å². The second-order valence-corrected chi connectivity index (χ2v) is 7.21. The minimum atomic E-state index is -0.262. The number of ether oxygens (including phenoxy) is 1. The molecule has 0 aliphatic heterocycles. The van der Waals surface area contributed by atoms with E-state index >= 15 is 0 Å². The molecule has 140 valence electrons. The molecule has 1 aromatic heterocycles. The smallest absolute Gasteiger partial charge is 0.211 e. The molecule has 4 rings (SSSR count). The highest BCUT2D eigenvalue weighted by Crippen LogP contribution is 2.16. The Morgan fingerprint density at radius 3 is 2.54 bits per heavy atom. The molecule has 0 radical (unpaired) electrons. The summed E-state index contributed by atoms with van der Waals surface area (Å²) in [5.74, 6) is 0.413. The Bertz CT molecular complexity index is 1190. The Labute approximate surface area is 165 Å². The largest absolute Gasteiger partial charge is 0.489 e. The Balaban J connectivity index is 1.44. The van der Waals surface area contributed by atoms with Gasteiger partial charge >= 0.3 is 0 Å². The van der Waals surface area contributed by atoms with Crippen molar-refractivity contribution in [2.24, 2.45) is 17.3 Å².